The SMILES string of the molecule is CCOc1ccc(C2=C(C=O)[C@H](c3ccccc3)c3ccccc3O2)cc1. The zero-order chi connectivity index (χ0) is 18.6. The third-order valence-electron chi connectivity index (χ3n) is 4.70. The summed E-state index contributed by atoms with van der Waals surface area (Å²) in [5.74, 6) is 2.02. The maximum atomic E-state index is 12.1. The van der Waals surface area contributed by atoms with Crippen molar-refractivity contribution in [1.82, 2.24) is 0 Å². The van der Waals surface area contributed by atoms with Crippen LogP contribution in [0.15, 0.2) is 84.4 Å². The van der Waals surface area contributed by atoms with Gasteiger partial charge in [0, 0.05) is 22.6 Å². The fraction of sp³-hybridized carbons (Fsp3) is 0.125. The van der Waals surface area contributed by atoms with Crippen molar-refractivity contribution in [2.24, 2.45) is 0 Å². The van der Waals surface area contributed by atoms with Crippen molar-refractivity contribution in [3.63, 3.8) is 0 Å². The molecule has 27 heavy (non-hydrogen) atoms. The van der Waals surface area contributed by atoms with Crippen LogP contribution in [0, 0.1) is 0 Å². The molecule has 0 aliphatic carbocycles. The zero-order valence-electron chi connectivity index (χ0n) is 15.1. The summed E-state index contributed by atoms with van der Waals surface area (Å²) in [6.07, 6.45) is 0.916. The number of para-hydroxylation sites is 1. The largest absolute Gasteiger partial charge is 0.494 e. The first kappa shape index (κ1) is 17.1. The first-order valence-corrected chi connectivity index (χ1v) is 9.06. The highest BCUT2D eigenvalue weighted by Gasteiger charge is 2.31. The van der Waals surface area contributed by atoms with Crippen LogP contribution >= 0.6 is 0 Å². The molecule has 3 aromatic rings. The number of hydrogen-bond donors (Lipinski definition) is 0. The second kappa shape index (κ2) is 7.50. The quantitative estimate of drug-likeness (QED) is 0.588. The molecule has 1 atom stereocenters. The lowest BCUT2D eigenvalue weighted by molar-refractivity contribution is -0.105. The van der Waals surface area contributed by atoms with Gasteiger partial charge in [0.2, 0.25) is 0 Å². The van der Waals surface area contributed by atoms with Crippen molar-refractivity contribution >= 4 is 12.0 Å². The second-order valence-corrected chi connectivity index (χ2v) is 6.34. The molecule has 0 N–H and O–H groups in total. The minimum absolute atomic E-state index is 0.157. The lowest BCUT2D eigenvalue weighted by Crippen LogP contribution is -2.17. The van der Waals surface area contributed by atoms with E-state index in [2.05, 4.69) is 0 Å². The Morgan fingerprint density at radius 3 is 2.33 bits per heavy atom. The first-order chi connectivity index (χ1) is 13.3. The molecule has 1 aliphatic rings. The Morgan fingerprint density at radius 1 is 0.926 bits per heavy atom. The van der Waals surface area contributed by atoms with Crippen molar-refractivity contribution in [2.45, 2.75) is 12.8 Å². The smallest absolute Gasteiger partial charge is 0.150 e. The average molecular weight is 356 g/mol. The van der Waals surface area contributed by atoms with E-state index in [-0.39, 0.29) is 5.92 Å². The number of fused-ring (bicyclic) bond motifs is 1. The van der Waals surface area contributed by atoms with E-state index < -0.39 is 0 Å². The molecule has 1 heterocycles. The topological polar surface area (TPSA) is 35.5 Å². The van der Waals surface area contributed by atoms with Crippen LogP contribution in [0.1, 0.15) is 29.5 Å². The van der Waals surface area contributed by atoms with Crippen molar-refractivity contribution in [3.8, 4) is 11.5 Å². The summed E-state index contributed by atoms with van der Waals surface area (Å²) in [5.41, 5.74) is 3.55. The van der Waals surface area contributed by atoms with Gasteiger partial charge in [0.1, 0.15) is 17.3 Å². The normalized spacial score (nSPS) is 15.7. The Kier molecular flexibility index (Phi) is 4.75. The van der Waals surface area contributed by atoms with E-state index >= 15 is 0 Å². The summed E-state index contributed by atoms with van der Waals surface area (Å²) in [6.45, 7) is 2.56. The summed E-state index contributed by atoms with van der Waals surface area (Å²) in [7, 11) is 0. The van der Waals surface area contributed by atoms with E-state index in [1.807, 2.05) is 85.8 Å². The molecule has 0 aromatic heterocycles. The van der Waals surface area contributed by atoms with Crippen LogP contribution in [-0.2, 0) is 4.79 Å². The number of allylic oxidation sites excluding steroid dienone is 1. The van der Waals surface area contributed by atoms with Gasteiger partial charge in [-0.3, -0.25) is 4.79 Å². The Morgan fingerprint density at radius 2 is 1.63 bits per heavy atom. The minimum atomic E-state index is -0.157. The summed E-state index contributed by atoms with van der Waals surface area (Å²) >= 11 is 0. The molecule has 134 valence electrons. The second-order valence-electron chi connectivity index (χ2n) is 6.34. The van der Waals surface area contributed by atoms with Gasteiger partial charge in [-0.25, -0.2) is 0 Å². The lowest BCUT2D eigenvalue weighted by atomic mass is 9.82. The molecule has 3 aromatic carbocycles. The fourth-order valence-corrected chi connectivity index (χ4v) is 3.50. The summed E-state index contributed by atoms with van der Waals surface area (Å²) in [6, 6.07) is 25.6. The molecule has 3 nitrogen and oxygen atoms in total. The molecule has 0 saturated heterocycles. The van der Waals surface area contributed by atoms with Gasteiger partial charge < -0.3 is 9.47 Å². The third-order valence-corrected chi connectivity index (χ3v) is 4.70. The predicted octanol–water partition coefficient (Wildman–Crippen LogP) is 5.22. The first-order valence-electron chi connectivity index (χ1n) is 9.06. The molecular formula is C24H20O3. The molecule has 0 bridgehead atoms. The molecule has 0 spiro atoms. The number of aldehydes is 1. The zero-order valence-corrected chi connectivity index (χ0v) is 15.1. The highest BCUT2D eigenvalue weighted by atomic mass is 16.5. The highest BCUT2D eigenvalue weighted by Crippen LogP contribution is 2.44. The molecule has 0 radical (unpaired) electrons. The maximum absolute atomic E-state index is 12.1. The van der Waals surface area contributed by atoms with Crippen molar-refractivity contribution in [2.75, 3.05) is 6.61 Å². The molecule has 1 aliphatic heterocycles. The highest BCUT2D eigenvalue weighted by molar-refractivity contribution is 5.91. The van der Waals surface area contributed by atoms with Gasteiger partial charge >= 0.3 is 0 Å². The van der Waals surface area contributed by atoms with Crippen LogP contribution in [0.3, 0.4) is 0 Å². The van der Waals surface area contributed by atoms with E-state index in [4.69, 9.17) is 9.47 Å². The molecule has 0 amide bonds. The molecule has 0 fully saturated rings. The molecule has 0 unspecified atom stereocenters. The standard InChI is InChI=1S/C24H20O3/c1-2-26-19-14-12-18(13-15-19)24-21(16-25)23(17-8-4-3-5-9-17)20-10-6-7-11-22(20)27-24/h3-16,23H,2H2,1H3/t23-/m1/s1. The number of benzene rings is 3. The van der Waals surface area contributed by atoms with Gasteiger partial charge in [0.25, 0.3) is 0 Å². The lowest BCUT2D eigenvalue weighted by Gasteiger charge is -2.29. The molecule has 4 rings (SSSR count). The summed E-state index contributed by atoms with van der Waals surface area (Å²) in [5, 5.41) is 0. The molecule has 0 saturated carbocycles. The number of hydrogen-bond acceptors (Lipinski definition) is 3. The maximum Gasteiger partial charge on any atom is 0.150 e. The summed E-state index contributed by atoms with van der Waals surface area (Å²) < 4.78 is 11.7. The van der Waals surface area contributed by atoms with Crippen molar-refractivity contribution in [1.29, 1.82) is 0 Å². The molecular weight excluding hydrogens is 336 g/mol. The van der Waals surface area contributed by atoms with Crippen LogP contribution in [0.25, 0.3) is 5.76 Å². The van der Waals surface area contributed by atoms with E-state index in [0.717, 1.165) is 34.5 Å². The van der Waals surface area contributed by atoms with Crippen LogP contribution in [-0.4, -0.2) is 12.9 Å². The Hall–Kier alpha value is -3.33. The summed E-state index contributed by atoms with van der Waals surface area (Å²) in [4.78, 5) is 12.1. The van der Waals surface area contributed by atoms with E-state index in [1.54, 1.807) is 0 Å². The Balaban J connectivity index is 1.87. The number of rotatable bonds is 5. The number of ether oxygens (including phenoxy) is 2. The number of carbonyl (C=O) groups is 1. The van der Waals surface area contributed by atoms with Crippen molar-refractivity contribution < 1.29 is 14.3 Å². The van der Waals surface area contributed by atoms with E-state index in [0.29, 0.717) is 17.9 Å². The van der Waals surface area contributed by atoms with Gasteiger partial charge in [-0.2, -0.15) is 0 Å². The fourth-order valence-electron chi connectivity index (χ4n) is 3.50. The third kappa shape index (κ3) is 3.24. The van der Waals surface area contributed by atoms with Crippen molar-refractivity contribution in [3.05, 3.63) is 101 Å². The van der Waals surface area contributed by atoms with E-state index in [1.165, 1.54) is 0 Å². The van der Waals surface area contributed by atoms with Gasteiger partial charge in [-0.15, -0.1) is 0 Å². The number of carbonyl (C=O) groups excluding carboxylic acids is 1. The van der Waals surface area contributed by atoms with Gasteiger partial charge in [0.15, 0.2) is 6.29 Å². The van der Waals surface area contributed by atoms with E-state index in [9.17, 15) is 4.79 Å². The van der Waals surface area contributed by atoms with Crippen LogP contribution in [0.5, 0.6) is 11.5 Å². The van der Waals surface area contributed by atoms with Gasteiger partial charge in [-0.05, 0) is 42.8 Å². The Labute approximate surface area is 158 Å². The monoisotopic (exact) mass is 356 g/mol. The molecule has 3 heteroatoms. The Bertz CT molecular complexity index is 972. The average Bonchev–Trinajstić information content (AvgIpc) is 2.73. The van der Waals surface area contributed by atoms with Crippen LogP contribution < -0.4 is 9.47 Å². The van der Waals surface area contributed by atoms with Gasteiger partial charge in [0.05, 0.1) is 6.61 Å². The minimum Gasteiger partial charge on any atom is -0.494 e. The van der Waals surface area contributed by atoms with Crippen LogP contribution in [0.4, 0.5) is 0 Å². The van der Waals surface area contributed by atoms with Gasteiger partial charge in [-0.1, -0.05) is 48.5 Å². The predicted molar refractivity (Wildman–Crippen MR) is 106 cm³/mol. The van der Waals surface area contributed by atoms with Crippen LogP contribution in [0.2, 0.25) is 0 Å².